The van der Waals surface area contributed by atoms with Crippen molar-refractivity contribution in [2.45, 2.75) is 6.92 Å². The van der Waals surface area contributed by atoms with Crippen molar-refractivity contribution >= 4 is 34.1 Å². The van der Waals surface area contributed by atoms with Gasteiger partial charge in [0.2, 0.25) is 0 Å². The molecule has 0 spiro atoms. The molecule has 2 rings (SSSR count). The molecular formula is C12H13AlO2. The molecule has 1 N–H and O–H groups in total. The molecule has 0 atom stereocenters. The maximum absolute atomic E-state index is 10.9. The fraction of sp³-hybridized carbons (Fsp3) is 0.0833. The van der Waals surface area contributed by atoms with E-state index >= 15 is 0 Å². The predicted molar refractivity (Wildman–Crippen MR) is 65.6 cm³/mol. The smallest absolute Gasteiger partial charge is 0.336 e. The van der Waals surface area contributed by atoms with Crippen LogP contribution in [0.25, 0.3) is 10.8 Å². The van der Waals surface area contributed by atoms with Gasteiger partial charge in [0.05, 0.1) is 5.56 Å². The average Bonchev–Trinajstić information content (AvgIpc) is 2.16. The Labute approximate surface area is 98.7 Å². The molecule has 3 heteroatoms. The van der Waals surface area contributed by atoms with Crippen molar-refractivity contribution in [1.29, 1.82) is 0 Å². The Balaban J connectivity index is 0.00000112. The van der Waals surface area contributed by atoms with Crippen molar-refractivity contribution in [3.63, 3.8) is 0 Å². The molecule has 0 bridgehead atoms. The van der Waals surface area contributed by atoms with Crippen molar-refractivity contribution in [3.8, 4) is 0 Å². The summed E-state index contributed by atoms with van der Waals surface area (Å²) in [6.45, 7) is 1.96. The summed E-state index contributed by atoms with van der Waals surface area (Å²) in [6, 6.07) is 11.1. The van der Waals surface area contributed by atoms with E-state index in [9.17, 15) is 4.79 Å². The highest BCUT2D eigenvalue weighted by Gasteiger charge is 2.06. The molecule has 0 heterocycles. The van der Waals surface area contributed by atoms with Crippen LogP contribution in [0, 0.1) is 6.92 Å². The van der Waals surface area contributed by atoms with Crippen LogP contribution in [0.3, 0.4) is 0 Å². The minimum atomic E-state index is -0.874. The van der Waals surface area contributed by atoms with Gasteiger partial charge in [0.1, 0.15) is 0 Å². The third-order valence-corrected chi connectivity index (χ3v) is 2.27. The second kappa shape index (κ2) is 4.48. The van der Waals surface area contributed by atoms with E-state index in [1.54, 1.807) is 12.1 Å². The first-order valence-electron chi connectivity index (χ1n) is 4.41. The van der Waals surface area contributed by atoms with Crippen molar-refractivity contribution in [2.75, 3.05) is 0 Å². The summed E-state index contributed by atoms with van der Waals surface area (Å²) in [5.74, 6) is -0.874. The van der Waals surface area contributed by atoms with Gasteiger partial charge in [0, 0.05) is 0 Å². The van der Waals surface area contributed by atoms with E-state index in [4.69, 9.17) is 5.11 Å². The number of hydrogen-bond acceptors (Lipinski definition) is 1. The zero-order valence-electron chi connectivity index (χ0n) is 7.82. The van der Waals surface area contributed by atoms with Crippen LogP contribution in [0.2, 0.25) is 0 Å². The summed E-state index contributed by atoms with van der Waals surface area (Å²) in [5, 5.41) is 10.7. The SMILES string of the molecule is Cc1ccc2cccc(C(=O)O)c2c1.[AlH3]. The van der Waals surface area contributed by atoms with Crippen LogP contribution in [0.1, 0.15) is 15.9 Å². The summed E-state index contributed by atoms with van der Waals surface area (Å²) < 4.78 is 0. The van der Waals surface area contributed by atoms with Gasteiger partial charge in [-0.15, -0.1) is 0 Å². The molecule has 2 aromatic rings. The zero-order valence-corrected chi connectivity index (χ0v) is 7.82. The summed E-state index contributed by atoms with van der Waals surface area (Å²) >= 11 is 0. The molecule has 0 amide bonds. The van der Waals surface area contributed by atoms with Gasteiger partial charge in [-0.25, -0.2) is 4.79 Å². The van der Waals surface area contributed by atoms with Crippen LogP contribution in [0.5, 0.6) is 0 Å². The van der Waals surface area contributed by atoms with Crippen molar-refractivity contribution < 1.29 is 9.90 Å². The molecule has 0 unspecified atom stereocenters. The molecule has 0 saturated heterocycles. The fourth-order valence-electron chi connectivity index (χ4n) is 1.57. The Morgan fingerprint density at radius 1 is 1.20 bits per heavy atom. The quantitative estimate of drug-likeness (QED) is 0.736. The van der Waals surface area contributed by atoms with Gasteiger partial charge >= 0.3 is 5.97 Å². The second-order valence-corrected chi connectivity index (χ2v) is 3.34. The zero-order chi connectivity index (χ0) is 10.1. The number of hydrogen-bond donors (Lipinski definition) is 1. The lowest BCUT2D eigenvalue weighted by molar-refractivity contribution is 0.0699. The summed E-state index contributed by atoms with van der Waals surface area (Å²) in [6.07, 6.45) is 0. The molecule has 0 saturated carbocycles. The monoisotopic (exact) mass is 216 g/mol. The van der Waals surface area contributed by atoms with Crippen LogP contribution in [0.4, 0.5) is 0 Å². The maximum Gasteiger partial charge on any atom is 0.336 e. The van der Waals surface area contributed by atoms with Gasteiger partial charge in [-0.3, -0.25) is 0 Å². The predicted octanol–water partition coefficient (Wildman–Crippen LogP) is 1.66. The van der Waals surface area contributed by atoms with E-state index in [0.717, 1.165) is 16.3 Å². The molecule has 0 radical (unpaired) electrons. The molecule has 76 valence electrons. The molecule has 2 aromatic carbocycles. The highest BCUT2D eigenvalue weighted by atomic mass is 27.0. The summed E-state index contributed by atoms with van der Waals surface area (Å²) in [7, 11) is 0. The second-order valence-electron chi connectivity index (χ2n) is 3.34. The highest BCUT2D eigenvalue weighted by Crippen LogP contribution is 2.20. The van der Waals surface area contributed by atoms with E-state index in [0.29, 0.717) is 5.56 Å². The van der Waals surface area contributed by atoms with E-state index in [1.807, 2.05) is 31.2 Å². The topological polar surface area (TPSA) is 37.3 Å². The van der Waals surface area contributed by atoms with E-state index in [1.165, 1.54) is 0 Å². The standard InChI is InChI=1S/C12H10O2.Al.3H/c1-8-5-6-9-3-2-4-10(12(13)14)11(9)7-8;;;;/h2-7H,1H3,(H,13,14);;;;. The number of carbonyl (C=O) groups is 1. The van der Waals surface area contributed by atoms with Gasteiger partial charge in [-0.05, 0) is 23.8 Å². The number of fused-ring (bicyclic) bond motifs is 1. The van der Waals surface area contributed by atoms with Crippen LogP contribution in [0.15, 0.2) is 36.4 Å². The summed E-state index contributed by atoms with van der Waals surface area (Å²) in [4.78, 5) is 10.9. The van der Waals surface area contributed by atoms with Gasteiger partial charge in [-0.1, -0.05) is 35.9 Å². The van der Waals surface area contributed by atoms with Crippen LogP contribution in [-0.2, 0) is 0 Å². The Hall–Kier alpha value is -1.30. The van der Waals surface area contributed by atoms with Crippen LogP contribution in [-0.4, -0.2) is 28.4 Å². The third-order valence-electron chi connectivity index (χ3n) is 2.27. The Kier molecular flexibility index (Phi) is 3.52. The van der Waals surface area contributed by atoms with Gasteiger partial charge in [0.25, 0.3) is 0 Å². The van der Waals surface area contributed by atoms with Crippen LogP contribution >= 0.6 is 0 Å². The third kappa shape index (κ3) is 2.20. The lowest BCUT2D eigenvalue weighted by Gasteiger charge is -2.02. The molecule has 15 heavy (non-hydrogen) atoms. The van der Waals surface area contributed by atoms with Crippen molar-refractivity contribution in [2.24, 2.45) is 0 Å². The Morgan fingerprint density at radius 3 is 2.60 bits per heavy atom. The molecular weight excluding hydrogens is 203 g/mol. The highest BCUT2D eigenvalue weighted by molar-refractivity contribution is 6.03. The van der Waals surface area contributed by atoms with Crippen molar-refractivity contribution in [1.82, 2.24) is 0 Å². The molecule has 2 nitrogen and oxygen atoms in total. The Morgan fingerprint density at radius 2 is 1.93 bits per heavy atom. The van der Waals surface area contributed by atoms with E-state index in [-0.39, 0.29) is 17.4 Å². The average molecular weight is 216 g/mol. The molecule has 0 aliphatic heterocycles. The number of carboxylic acid groups (broad SMARTS) is 1. The largest absolute Gasteiger partial charge is 0.478 e. The minimum absolute atomic E-state index is 0. The summed E-state index contributed by atoms with van der Waals surface area (Å²) in [5.41, 5.74) is 1.44. The molecule has 0 aliphatic rings. The van der Waals surface area contributed by atoms with Crippen molar-refractivity contribution in [3.05, 3.63) is 47.5 Å². The molecule has 0 aromatic heterocycles. The number of aromatic carboxylic acids is 1. The number of carboxylic acids is 1. The first-order chi connectivity index (χ1) is 6.68. The number of rotatable bonds is 1. The Bertz CT molecular complexity index is 506. The number of aryl methyl sites for hydroxylation is 1. The first kappa shape index (κ1) is 11.8. The lowest BCUT2D eigenvalue weighted by atomic mass is 10.0. The minimum Gasteiger partial charge on any atom is -0.478 e. The normalized spacial score (nSPS) is 9.67. The molecule has 0 fully saturated rings. The van der Waals surface area contributed by atoms with Gasteiger partial charge in [-0.2, -0.15) is 0 Å². The van der Waals surface area contributed by atoms with Gasteiger partial charge < -0.3 is 5.11 Å². The first-order valence-corrected chi connectivity index (χ1v) is 4.41. The van der Waals surface area contributed by atoms with E-state index < -0.39 is 5.97 Å². The lowest BCUT2D eigenvalue weighted by Crippen LogP contribution is -1.96. The fourth-order valence-corrected chi connectivity index (χ4v) is 1.57. The number of benzene rings is 2. The van der Waals surface area contributed by atoms with Gasteiger partial charge in [0.15, 0.2) is 17.4 Å². The maximum atomic E-state index is 10.9. The van der Waals surface area contributed by atoms with E-state index in [2.05, 4.69) is 0 Å². The molecule has 0 aliphatic carbocycles. The van der Waals surface area contributed by atoms with Crippen LogP contribution < -0.4 is 0 Å².